The smallest absolute Gasteiger partial charge is 0.251 e. The zero-order chi connectivity index (χ0) is 13.5. The molecule has 7 nitrogen and oxygen atoms in total. The normalized spacial score (nSPS) is 10.1. The van der Waals surface area contributed by atoms with Crippen molar-refractivity contribution in [2.75, 3.05) is 19.8 Å². The molecule has 0 aliphatic heterocycles. The number of aryl methyl sites for hydroxylation is 1. The zero-order valence-corrected chi connectivity index (χ0v) is 10.0. The van der Waals surface area contributed by atoms with E-state index < -0.39 is 5.91 Å². The van der Waals surface area contributed by atoms with Crippen LogP contribution in [0.15, 0.2) is 23.1 Å². The molecule has 1 aromatic heterocycles. The Morgan fingerprint density at radius 2 is 2.22 bits per heavy atom. The lowest BCUT2D eigenvalue weighted by atomic mass is 10.2. The summed E-state index contributed by atoms with van der Waals surface area (Å²) in [5, 5.41) is 2.56. The Hall–Kier alpha value is -2.15. The fraction of sp³-hybridized carbons (Fsp3) is 0.364. The van der Waals surface area contributed by atoms with Gasteiger partial charge in [-0.1, -0.05) is 0 Å². The molecule has 98 valence electrons. The third-order valence-electron chi connectivity index (χ3n) is 2.14. The lowest BCUT2D eigenvalue weighted by Gasteiger charge is -2.05. The number of nitrogens with zero attached hydrogens (tertiary/aromatic N) is 1. The van der Waals surface area contributed by atoms with Crippen molar-refractivity contribution in [3.05, 3.63) is 34.2 Å². The molecule has 7 heteroatoms. The summed E-state index contributed by atoms with van der Waals surface area (Å²) >= 11 is 0. The molecule has 18 heavy (non-hydrogen) atoms. The Balaban J connectivity index is 2.39. The first-order valence-electron chi connectivity index (χ1n) is 5.31. The minimum absolute atomic E-state index is 0.179. The van der Waals surface area contributed by atoms with Gasteiger partial charge in [0.2, 0.25) is 5.91 Å². The molecule has 0 aliphatic carbocycles. The van der Waals surface area contributed by atoms with E-state index in [9.17, 15) is 14.4 Å². The first kappa shape index (κ1) is 13.9. The van der Waals surface area contributed by atoms with Crippen molar-refractivity contribution in [2.45, 2.75) is 0 Å². The van der Waals surface area contributed by atoms with Gasteiger partial charge in [-0.3, -0.25) is 14.4 Å². The molecular weight excluding hydrogens is 238 g/mol. The molecule has 3 N–H and O–H groups in total. The molecule has 1 rings (SSSR count). The molecule has 0 aliphatic rings. The van der Waals surface area contributed by atoms with Gasteiger partial charge in [0.15, 0.2) is 0 Å². The summed E-state index contributed by atoms with van der Waals surface area (Å²) in [4.78, 5) is 33.3. The lowest BCUT2D eigenvalue weighted by molar-refractivity contribution is -0.122. The van der Waals surface area contributed by atoms with E-state index in [1.807, 2.05) is 0 Å². The molecule has 0 saturated carbocycles. The summed E-state index contributed by atoms with van der Waals surface area (Å²) in [6.45, 7) is 0.239. The number of hydrogen-bond acceptors (Lipinski definition) is 4. The SMILES string of the molecule is Cn1ccc(C(=O)NCCOCC(N)=O)cc1=O. The molecule has 0 unspecified atom stereocenters. The Labute approximate surface area is 104 Å². The van der Waals surface area contributed by atoms with Crippen molar-refractivity contribution in [2.24, 2.45) is 12.8 Å². The summed E-state index contributed by atoms with van der Waals surface area (Å²) in [6, 6.07) is 2.79. The Bertz CT molecular complexity index is 495. The monoisotopic (exact) mass is 253 g/mol. The van der Waals surface area contributed by atoms with Crippen LogP contribution in [0.1, 0.15) is 10.4 Å². The van der Waals surface area contributed by atoms with Crippen molar-refractivity contribution in [3.63, 3.8) is 0 Å². The van der Waals surface area contributed by atoms with E-state index in [0.29, 0.717) is 0 Å². The van der Waals surface area contributed by atoms with E-state index in [1.54, 1.807) is 13.1 Å². The number of hydrogen-bond donors (Lipinski definition) is 2. The summed E-state index contributed by atoms with van der Waals surface area (Å²) in [5.41, 5.74) is 4.90. The number of carbonyl (C=O) groups excluding carboxylic acids is 2. The minimum Gasteiger partial charge on any atom is -0.370 e. The second kappa shape index (κ2) is 6.55. The molecule has 1 aromatic rings. The first-order chi connectivity index (χ1) is 8.50. The van der Waals surface area contributed by atoms with Crippen LogP contribution in [0.25, 0.3) is 0 Å². The van der Waals surface area contributed by atoms with Gasteiger partial charge in [0.25, 0.3) is 11.5 Å². The maximum absolute atomic E-state index is 11.6. The highest BCUT2D eigenvalue weighted by atomic mass is 16.5. The van der Waals surface area contributed by atoms with Crippen LogP contribution in [-0.2, 0) is 16.6 Å². The minimum atomic E-state index is -0.562. The molecule has 0 atom stereocenters. The Morgan fingerprint density at radius 3 is 2.83 bits per heavy atom. The van der Waals surface area contributed by atoms with Crippen molar-refractivity contribution < 1.29 is 14.3 Å². The van der Waals surface area contributed by atoms with E-state index in [2.05, 4.69) is 5.32 Å². The molecule has 1 heterocycles. The third-order valence-corrected chi connectivity index (χ3v) is 2.14. The quantitative estimate of drug-likeness (QED) is 0.609. The number of rotatable bonds is 6. The van der Waals surface area contributed by atoms with Crippen LogP contribution in [0.5, 0.6) is 0 Å². The van der Waals surface area contributed by atoms with E-state index in [0.717, 1.165) is 0 Å². The molecular formula is C11H15N3O4. The van der Waals surface area contributed by atoms with Crippen molar-refractivity contribution in [3.8, 4) is 0 Å². The average Bonchev–Trinajstić information content (AvgIpc) is 2.31. The highest BCUT2D eigenvalue weighted by molar-refractivity contribution is 5.93. The van der Waals surface area contributed by atoms with Crippen molar-refractivity contribution >= 4 is 11.8 Å². The third kappa shape index (κ3) is 4.38. The topological polar surface area (TPSA) is 103 Å². The Kier molecular flexibility index (Phi) is 5.06. The summed E-state index contributed by atoms with van der Waals surface area (Å²) in [6.07, 6.45) is 1.51. The fourth-order valence-electron chi connectivity index (χ4n) is 1.20. The predicted molar refractivity (Wildman–Crippen MR) is 64.0 cm³/mol. The molecule has 2 amide bonds. The average molecular weight is 253 g/mol. The number of nitrogens with one attached hydrogen (secondary N) is 1. The van der Waals surface area contributed by atoms with Crippen LogP contribution in [0.2, 0.25) is 0 Å². The van der Waals surface area contributed by atoms with Gasteiger partial charge in [0.1, 0.15) is 6.61 Å². The standard InChI is InChI=1S/C11H15N3O4/c1-14-4-2-8(6-10(14)16)11(17)13-3-5-18-7-9(12)15/h2,4,6H,3,5,7H2,1H3,(H2,12,15)(H,13,17). The summed E-state index contributed by atoms with van der Waals surface area (Å²) < 4.78 is 6.24. The number of ether oxygens (including phenoxy) is 1. The molecule has 0 radical (unpaired) electrons. The van der Waals surface area contributed by atoms with Gasteiger partial charge >= 0.3 is 0 Å². The molecule has 0 aromatic carbocycles. The predicted octanol–water partition coefficient (Wildman–Crippen LogP) is -1.38. The molecule has 0 spiro atoms. The lowest BCUT2D eigenvalue weighted by Crippen LogP contribution is -2.30. The Morgan fingerprint density at radius 1 is 1.50 bits per heavy atom. The van der Waals surface area contributed by atoms with Gasteiger partial charge in [-0.25, -0.2) is 0 Å². The van der Waals surface area contributed by atoms with Crippen LogP contribution < -0.4 is 16.6 Å². The number of nitrogens with two attached hydrogens (primary N) is 1. The maximum Gasteiger partial charge on any atom is 0.251 e. The number of primary amides is 1. The van der Waals surface area contributed by atoms with Crippen LogP contribution in [0, 0.1) is 0 Å². The van der Waals surface area contributed by atoms with Gasteiger partial charge in [-0.05, 0) is 6.07 Å². The van der Waals surface area contributed by atoms with Gasteiger partial charge in [-0.15, -0.1) is 0 Å². The van der Waals surface area contributed by atoms with Crippen LogP contribution in [0.3, 0.4) is 0 Å². The van der Waals surface area contributed by atoms with Crippen LogP contribution in [0.4, 0.5) is 0 Å². The summed E-state index contributed by atoms with van der Waals surface area (Å²) in [5.74, 6) is -0.928. The van der Waals surface area contributed by atoms with Gasteiger partial charge in [0, 0.05) is 31.4 Å². The highest BCUT2D eigenvalue weighted by Gasteiger charge is 2.05. The van der Waals surface area contributed by atoms with Crippen molar-refractivity contribution in [1.82, 2.24) is 9.88 Å². The number of amides is 2. The van der Waals surface area contributed by atoms with Gasteiger partial charge in [0.05, 0.1) is 6.61 Å². The largest absolute Gasteiger partial charge is 0.370 e. The van der Waals surface area contributed by atoms with E-state index in [1.165, 1.54) is 16.8 Å². The molecule has 0 fully saturated rings. The van der Waals surface area contributed by atoms with E-state index in [4.69, 9.17) is 10.5 Å². The fourth-order valence-corrected chi connectivity index (χ4v) is 1.20. The molecule has 0 bridgehead atoms. The second-order valence-electron chi connectivity index (χ2n) is 3.64. The maximum atomic E-state index is 11.6. The van der Waals surface area contributed by atoms with Crippen LogP contribution >= 0.6 is 0 Å². The first-order valence-corrected chi connectivity index (χ1v) is 5.31. The van der Waals surface area contributed by atoms with Gasteiger partial charge < -0.3 is 20.4 Å². The van der Waals surface area contributed by atoms with Crippen LogP contribution in [-0.4, -0.2) is 36.1 Å². The molecule has 0 saturated heterocycles. The van der Waals surface area contributed by atoms with E-state index in [-0.39, 0.29) is 36.8 Å². The number of aromatic nitrogens is 1. The number of pyridine rings is 1. The highest BCUT2D eigenvalue weighted by Crippen LogP contribution is 1.93. The van der Waals surface area contributed by atoms with E-state index >= 15 is 0 Å². The summed E-state index contributed by atoms with van der Waals surface area (Å²) in [7, 11) is 1.60. The van der Waals surface area contributed by atoms with Crippen molar-refractivity contribution in [1.29, 1.82) is 0 Å². The van der Waals surface area contributed by atoms with Gasteiger partial charge in [-0.2, -0.15) is 0 Å². The number of carbonyl (C=O) groups is 2. The zero-order valence-electron chi connectivity index (χ0n) is 10.0. The second-order valence-corrected chi connectivity index (χ2v) is 3.64.